The molecule has 0 bridgehead atoms. The van der Waals surface area contributed by atoms with E-state index in [1.165, 1.54) is 9.58 Å². The minimum atomic E-state index is -3.11. The third-order valence-corrected chi connectivity index (χ3v) is 7.89. The molecule has 12 heteroatoms. The second-order valence-electron chi connectivity index (χ2n) is 11.9. The van der Waals surface area contributed by atoms with Crippen molar-refractivity contribution >= 4 is 27.9 Å². The Morgan fingerprint density at radius 3 is 2.49 bits per heavy atom. The van der Waals surface area contributed by atoms with Crippen LogP contribution in [0.2, 0.25) is 0 Å². The number of benzene rings is 2. The van der Waals surface area contributed by atoms with Crippen LogP contribution in [0.15, 0.2) is 53.1 Å². The normalized spacial score (nSPS) is 22.9. The van der Waals surface area contributed by atoms with Gasteiger partial charge < -0.3 is 14.8 Å². The van der Waals surface area contributed by atoms with E-state index in [0.29, 0.717) is 27.0 Å². The van der Waals surface area contributed by atoms with Crippen molar-refractivity contribution in [2.45, 2.75) is 83.4 Å². The third kappa shape index (κ3) is 5.59. The lowest BCUT2D eigenvalue weighted by Gasteiger charge is -2.34. The molecule has 1 aliphatic heterocycles. The molecule has 1 N–H and O–H groups in total. The zero-order chi connectivity index (χ0) is 29.9. The van der Waals surface area contributed by atoms with Crippen molar-refractivity contribution in [2.24, 2.45) is 0 Å². The van der Waals surface area contributed by atoms with Gasteiger partial charge in [0.2, 0.25) is 0 Å². The predicted octanol–water partition coefficient (Wildman–Crippen LogP) is 6.13. The van der Waals surface area contributed by atoms with Crippen molar-refractivity contribution < 1.29 is 27.8 Å². The molecule has 2 heterocycles. The number of carbonyl (C=O) groups is 2. The van der Waals surface area contributed by atoms with Crippen molar-refractivity contribution in [3.05, 3.63) is 75.5 Å². The summed E-state index contributed by atoms with van der Waals surface area (Å²) in [5.41, 5.74) is 0.596. The number of nitrogens with zero attached hydrogens (tertiary/aromatic N) is 4. The molecule has 41 heavy (non-hydrogen) atoms. The smallest absolute Gasteiger partial charge is 0.413 e. The first-order chi connectivity index (χ1) is 19.1. The zero-order valence-corrected chi connectivity index (χ0v) is 25.2. The molecule has 2 aromatic carbocycles. The average molecular weight is 633 g/mol. The lowest BCUT2D eigenvalue weighted by atomic mass is 10.1. The number of fused-ring (bicyclic) bond motifs is 1. The van der Waals surface area contributed by atoms with E-state index in [4.69, 9.17) is 9.47 Å². The summed E-state index contributed by atoms with van der Waals surface area (Å²) in [6.45, 7) is 10.8. The summed E-state index contributed by atoms with van der Waals surface area (Å²) >= 11 is 3.33. The number of ether oxygens (including phenoxy) is 2. The van der Waals surface area contributed by atoms with E-state index in [0.717, 1.165) is 0 Å². The second kappa shape index (κ2) is 10.2. The van der Waals surface area contributed by atoms with E-state index in [1.807, 2.05) is 6.92 Å². The van der Waals surface area contributed by atoms with Crippen LogP contribution in [0.5, 0.6) is 0 Å². The third-order valence-electron chi connectivity index (χ3n) is 7.15. The van der Waals surface area contributed by atoms with Gasteiger partial charge in [0, 0.05) is 16.5 Å². The van der Waals surface area contributed by atoms with Crippen molar-refractivity contribution in [1.29, 1.82) is 0 Å². The first-order valence-electron chi connectivity index (χ1n) is 13.3. The van der Waals surface area contributed by atoms with E-state index in [1.54, 1.807) is 83.3 Å². The number of aromatic nitrogens is 3. The summed E-state index contributed by atoms with van der Waals surface area (Å²) in [5, 5.41) is 11.0. The highest BCUT2D eigenvalue weighted by atomic mass is 79.9. The number of halogens is 3. The van der Waals surface area contributed by atoms with E-state index in [-0.39, 0.29) is 11.7 Å². The zero-order valence-electron chi connectivity index (χ0n) is 23.6. The van der Waals surface area contributed by atoms with Gasteiger partial charge in [-0.1, -0.05) is 33.3 Å². The number of amides is 2. The van der Waals surface area contributed by atoms with Gasteiger partial charge in [-0.05, 0) is 83.0 Å². The molecule has 5 rings (SSSR count). The molecule has 2 aliphatic rings. The molecule has 1 aliphatic carbocycles. The van der Waals surface area contributed by atoms with Crippen molar-refractivity contribution in [1.82, 2.24) is 25.2 Å². The molecule has 0 spiro atoms. The van der Waals surface area contributed by atoms with Gasteiger partial charge in [0.15, 0.2) is 0 Å². The Kier molecular flexibility index (Phi) is 7.22. The summed E-state index contributed by atoms with van der Waals surface area (Å²) in [6, 6.07) is 9.40. The molecule has 2 amide bonds. The van der Waals surface area contributed by atoms with Gasteiger partial charge in [-0.15, -0.1) is 5.10 Å². The van der Waals surface area contributed by atoms with Gasteiger partial charge in [-0.3, -0.25) is 9.69 Å². The average Bonchev–Trinajstić information content (AvgIpc) is 3.51. The van der Waals surface area contributed by atoms with Crippen LogP contribution in [0.25, 0.3) is 5.69 Å². The van der Waals surface area contributed by atoms with Crippen molar-refractivity contribution in [2.75, 3.05) is 0 Å². The number of alkyl halides is 2. The van der Waals surface area contributed by atoms with Crippen molar-refractivity contribution in [3.63, 3.8) is 0 Å². The van der Waals surface area contributed by atoms with Crippen molar-refractivity contribution in [3.8, 4) is 5.69 Å². The number of carbonyl (C=O) groups excluding carboxylic acids is 2. The monoisotopic (exact) mass is 631 g/mol. The summed E-state index contributed by atoms with van der Waals surface area (Å²) < 4.78 is 43.4. The molecular weight excluding hydrogens is 600 g/mol. The van der Waals surface area contributed by atoms with E-state index in [9.17, 15) is 18.4 Å². The molecule has 3 atom stereocenters. The van der Waals surface area contributed by atoms with E-state index >= 15 is 0 Å². The standard InChI is InChI=1S/C29H32BrF2N5O4/c1-16-23(37(28(5,6)40-16)26(39)41-27(2,3)4)22-15-36(35-34-22)18-12-10-17(11-13-18)25(38)33-24-19-8-7-9-21(30)20(19)14-29(24,31)32/h7-13,15-16,23-24H,14H2,1-6H3,(H,33,38)/t16-,23+,24?/m1/s1. The number of hydrogen-bond acceptors (Lipinski definition) is 6. The van der Waals surface area contributed by atoms with Crippen LogP contribution in [-0.4, -0.2) is 55.2 Å². The van der Waals surface area contributed by atoms with Crippen LogP contribution >= 0.6 is 15.9 Å². The molecular formula is C29H32BrF2N5O4. The molecule has 1 aromatic heterocycles. The Hall–Kier alpha value is -3.38. The molecule has 0 saturated carbocycles. The van der Waals surface area contributed by atoms with Gasteiger partial charge in [-0.2, -0.15) is 0 Å². The predicted molar refractivity (Wildman–Crippen MR) is 150 cm³/mol. The summed E-state index contributed by atoms with van der Waals surface area (Å²) in [7, 11) is 0. The number of hydrogen-bond donors (Lipinski definition) is 1. The lowest BCUT2D eigenvalue weighted by Crippen LogP contribution is -2.47. The van der Waals surface area contributed by atoms with Crippen LogP contribution in [0.3, 0.4) is 0 Å². The fourth-order valence-corrected chi connectivity index (χ4v) is 5.96. The first kappa shape index (κ1) is 29.1. The topological polar surface area (TPSA) is 98.6 Å². The van der Waals surface area contributed by atoms with E-state index < -0.39 is 47.8 Å². The van der Waals surface area contributed by atoms with Gasteiger partial charge >= 0.3 is 6.09 Å². The first-order valence-corrected chi connectivity index (χ1v) is 14.1. The number of rotatable bonds is 4. The molecule has 3 aromatic rings. The second-order valence-corrected chi connectivity index (χ2v) is 12.7. The molecule has 1 unspecified atom stereocenters. The van der Waals surface area contributed by atoms with Gasteiger partial charge in [0.25, 0.3) is 11.8 Å². The summed E-state index contributed by atoms with van der Waals surface area (Å²) in [4.78, 5) is 27.6. The summed E-state index contributed by atoms with van der Waals surface area (Å²) in [6.07, 6.45) is 0.333. The summed E-state index contributed by atoms with van der Waals surface area (Å²) in [5.74, 6) is -3.72. The molecule has 0 radical (unpaired) electrons. The van der Waals surface area contributed by atoms with Crippen LogP contribution < -0.4 is 5.32 Å². The lowest BCUT2D eigenvalue weighted by molar-refractivity contribution is -0.0757. The van der Waals surface area contributed by atoms with Gasteiger partial charge in [0.1, 0.15) is 29.1 Å². The highest BCUT2D eigenvalue weighted by Gasteiger charge is 2.51. The highest BCUT2D eigenvalue weighted by molar-refractivity contribution is 9.10. The maximum Gasteiger partial charge on any atom is 0.413 e. The Morgan fingerprint density at radius 1 is 1.15 bits per heavy atom. The van der Waals surface area contributed by atoms with Gasteiger partial charge in [0.05, 0.1) is 18.0 Å². The van der Waals surface area contributed by atoms with Gasteiger partial charge in [-0.25, -0.2) is 18.3 Å². The minimum Gasteiger partial charge on any atom is -0.444 e. The quantitative estimate of drug-likeness (QED) is 0.372. The Labute approximate surface area is 245 Å². The number of nitrogens with one attached hydrogen (secondary N) is 1. The van der Waals surface area contributed by atoms with Crippen LogP contribution in [0.1, 0.15) is 80.8 Å². The Morgan fingerprint density at radius 2 is 1.83 bits per heavy atom. The Balaban J connectivity index is 1.34. The van der Waals surface area contributed by atoms with Crippen LogP contribution in [0.4, 0.5) is 13.6 Å². The van der Waals surface area contributed by atoms with E-state index in [2.05, 4.69) is 31.6 Å². The molecule has 1 fully saturated rings. The fraction of sp³-hybridized carbons (Fsp3) is 0.448. The SMILES string of the molecule is C[C@H]1OC(C)(C)N(C(=O)OC(C)(C)C)[C@@H]1c1cn(-c2ccc(C(=O)NC3c4cccc(Br)c4CC3(F)F)cc2)nn1. The van der Waals surface area contributed by atoms with Crippen LogP contribution in [-0.2, 0) is 15.9 Å². The molecule has 218 valence electrons. The minimum absolute atomic E-state index is 0.226. The van der Waals surface area contributed by atoms with Crippen LogP contribution in [0, 0.1) is 0 Å². The fourth-order valence-electron chi connectivity index (χ4n) is 5.44. The maximum absolute atomic E-state index is 14.8. The molecule has 9 nitrogen and oxygen atoms in total. The highest BCUT2D eigenvalue weighted by Crippen LogP contribution is 2.46. The molecule has 1 saturated heterocycles. The Bertz CT molecular complexity index is 1490. The largest absolute Gasteiger partial charge is 0.444 e. The maximum atomic E-state index is 14.8.